The van der Waals surface area contributed by atoms with Gasteiger partial charge in [-0.2, -0.15) is 0 Å². The van der Waals surface area contributed by atoms with Crippen LogP contribution in [0.1, 0.15) is 78.8 Å². The Balaban J connectivity index is 1.87. The molecular formula is C39H61N7O7. The van der Waals surface area contributed by atoms with Crippen molar-refractivity contribution in [2.24, 2.45) is 16.7 Å². The normalized spacial score (nSPS) is 16.0. The Morgan fingerprint density at radius 3 is 2.17 bits per heavy atom. The molecule has 2 heterocycles. The molecule has 14 nitrogen and oxygen atoms in total. The van der Waals surface area contributed by atoms with Gasteiger partial charge in [0, 0.05) is 26.2 Å². The van der Waals surface area contributed by atoms with Crippen molar-refractivity contribution in [1.29, 1.82) is 0 Å². The number of nitrogens with zero attached hydrogens (tertiary/aromatic N) is 4. The van der Waals surface area contributed by atoms with Gasteiger partial charge < -0.3 is 35.4 Å². The highest BCUT2D eigenvalue weighted by Crippen LogP contribution is 2.29. The summed E-state index contributed by atoms with van der Waals surface area (Å²) in [5.41, 5.74) is 3.62. The van der Waals surface area contributed by atoms with E-state index in [9.17, 15) is 29.4 Å². The molecule has 1 aliphatic rings. The maximum atomic E-state index is 14.4. The maximum absolute atomic E-state index is 14.4. The Morgan fingerprint density at radius 1 is 0.925 bits per heavy atom. The molecule has 2 aromatic rings. The zero-order chi connectivity index (χ0) is 39.5. The van der Waals surface area contributed by atoms with Gasteiger partial charge in [0.1, 0.15) is 12.1 Å². The molecule has 1 aromatic heterocycles. The van der Waals surface area contributed by atoms with Crippen molar-refractivity contribution in [3.8, 4) is 0 Å². The number of carbonyl (C=O) groups excluding carboxylic acids is 4. The number of ether oxygens (including phenoxy) is 1. The van der Waals surface area contributed by atoms with E-state index in [0.29, 0.717) is 37.4 Å². The highest BCUT2D eigenvalue weighted by molar-refractivity contribution is 5.89. The maximum Gasteiger partial charge on any atom is 0.407 e. The van der Waals surface area contributed by atoms with Crippen LogP contribution < -0.4 is 16.1 Å². The first kappa shape index (κ1) is 43.1. The van der Waals surface area contributed by atoms with E-state index in [-0.39, 0.29) is 38.1 Å². The van der Waals surface area contributed by atoms with Crippen LogP contribution in [0.3, 0.4) is 0 Å². The number of hydrogen-bond acceptors (Lipinski definition) is 9. The molecule has 294 valence electrons. The third kappa shape index (κ3) is 13.0. The molecule has 1 fully saturated rings. The number of aromatic nitrogens is 1. The van der Waals surface area contributed by atoms with Gasteiger partial charge in [-0.3, -0.25) is 20.0 Å². The number of nitrogens with one attached hydrogen (secondary N) is 3. The zero-order valence-corrected chi connectivity index (χ0v) is 32.9. The van der Waals surface area contributed by atoms with Gasteiger partial charge in [-0.1, -0.05) is 91.8 Å². The molecule has 53 heavy (non-hydrogen) atoms. The minimum atomic E-state index is -1.15. The van der Waals surface area contributed by atoms with Gasteiger partial charge in [0.05, 0.1) is 43.8 Å². The summed E-state index contributed by atoms with van der Waals surface area (Å²) >= 11 is 0. The molecule has 0 radical (unpaired) electrons. The standard InChI is InChI=1S/C39H61N7O7/c1-26(2)18-19-45(43-34(49)32(38(3,4)5)42-36(51)53-9)24-31(48)30(22-27-14-11-10-12-15-27)41-35(50)33(39(6,7)8)46-21-20-44(37(46)52)23-28-16-13-17-29(25-47)40-28/h10-17,26,30-33,47-48H,18-25H2,1-9H3,(H,41,50)(H,42,51)(H,43,49). The van der Waals surface area contributed by atoms with Gasteiger partial charge >= 0.3 is 12.1 Å². The van der Waals surface area contributed by atoms with Crippen molar-refractivity contribution in [3.05, 3.63) is 65.5 Å². The number of rotatable bonds is 17. The Labute approximate surface area is 314 Å². The molecule has 4 unspecified atom stereocenters. The van der Waals surface area contributed by atoms with E-state index in [2.05, 4.69) is 34.9 Å². The summed E-state index contributed by atoms with van der Waals surface area (Å²) in [6.07, 6.45) is -0.894. The van der Waals surface area contributed by atoms with Crippen molar-refractivity contribution in [2.75, 3.05) is 33.3 Å². The quantitative estimate of drug-likeness (QED) is 0.152. The second-order valence-corrected chi connectivity index (χ2v) is 16.4. The van der Waals surface area contributed by atoms with Crippen molar-refractivity contribution >= 4 is 23.9 Å². The van der Waals surface area contributed by atoms with Crippen molar-refractivity contribution < 1.29 is 34.1 Å². The third-order valence-corrected chi connectivity index (χ3v) is 9.21. The van der Waals surface area contributed by atoms with Crippen LogP contribution in [-0.2, 0) is 33.9 Å². The summed E-state index contributed by atoms with van der Waals surface area (Å²) in [7, 11) is 1.23. The molecule has 1 aliphatic heterocycles. The number of methoxy groups -OCH3 is 1. The van der Waals surface area contributed by atoms with E-state index in [1.54, 1.807) is 33.0 Å². The lowest BCUT2D eigenvalue weighted by Crippen LogP contribution is -2.61. The molecule has 0 spiro atoms. The Hall–Kier alpha value is -4.27. The number of aliphatic hydroxyl groups is 2. The Kier molecular flexibility index (Phi) is 15.6. The van der Waals surface area contributed by atoms with Gasteiger partial charge in [-0.25, -0.2) is 14.6 Å². The monoisotopic (exact) mass is 739 g/mol. The second kappa shape index (κ2) is 19.2. The van der Waals surface area contributed by atoms with Gasteiger partial charge in [-0.05, 0) is 47.3 Å². The fourth-order valence-electron chi connectivity index (χ4n) is 6.34. The SMILES string of the molecule is COC(=O)NC(C(=O)NN(CCC(C)C)CC(O)C(Cc1ccccc1)NC(=O)C(N1CCN(Cc2cccc(CO)n2)C1=O)C(C)(C)C)C(C)(C)C. The molecule has 4 atom stereocenters. The van der Waals surface area contributed by atoms with E-state index in [1.165, 1.54) is 7.11 Å². The first-order valence-electron chi connectivity index (χ1n) is 18.4. The number of benzene rings is 1. The number of carbonyl (C=O) groups is 4. The molecule has 3 rings (SSSR count). The summed E-state index contributed by atoms with van der Waals surface area (Å²) in [5, 5.41) is 28.8. The third-order valence-electron chi connectivity index (χ3n) is 9.21. The highest BCUT2D eigenvalue weighted by atomic mass is 16.5. The van der Waals surface area contributed by atoms with E-state index < -0.39 is 53.0 Å². The van der Waals surface area contributed by atoms with Crippen LogP contribution in [0.2, 0.25) is 0 Å². The molecule has 1 aromatic carbocycles. The lowest BCUT2D eigenvalue weighted by molar-refractivity contribution is -0.133. The van der Waals surface area contributed by atoms with Gasteiger partial charge in [0.2, 0.25) is 5.91 Å². The van der Waals surface area contributed by atoms with E-state index >= 15 is 0 Å². The van der Waals surface area contributed by atoms with Crippen LogP contribution in [0.4, 0.5) is 9.59 Å². The molecule has 0 saturated carbocycles. The summed E-state index contributed by atoms with van der Waals surface area (Å²) in [4.78, 5) is 61.6. The molecular weight excluding hydrogens is 678 g/mol. The van der Waals surface area contributed by atoms with Crippen LogP contribution in [0.15, 0.2) is 48.5 Å². The number of alkyl carbamates (subject to hydrolysis) is 1. The minimum absolute atomic E-state index is 0.0260. The van der Waals surface area contributed by atoms with Crippen molar-refractivity contribution in [1.82, 2.24) is 35.9 Å². The zero-order valence-electron chi connectivity index (χ0n) is 32.9. The van der Waals surface area contributed by atoms with Crippen molar-refractivity contribution in [2.45, 2.75) is 106 Å². The van der Waals surface area contributed by atoms with Crippen molar-refractivity contribution in [3.63, 3.8) is 0 Å². The molecule has 14 heteroatoms. The minimum Gasteiger partial charge on any atom is -0.453 e. The Bertz CT molecular complexity index is 1510. The lowest BCUT2D eigenvalue weighted by atomic mass is 9.84. The van der Waals surface area contributed by atoms with Gasteiger partial charge in [0.15, 0.2) is 0 Å². The predicted octanol–water partition coefficient (Wildman–Crippen LogP) is 3.46. The van der Waals surface area contributed by atoms with Crippen LogP contribution in [0.5, 0.6) is 0 Å². The average Bonchev–Trinajstić information content (AvgIpc) is 3.42. The number of hydrogen-bond donors (Lipinski definition) is 5. The Morgan fingerprint density at radius 2 is 1.58 bits per heavy atom. The van der Waals surface area contributed by atoms with E-state index in [0.717, 1.165) is 5.56 Å². The van der Waals surface area contributed by atoms with Gasteiger partial charge in [-0.15, -0.1) is 0 Å². The topological polar surface area (TPSA) is 177 Å². The average molecular weight is 740 g/mol. The van der Waals surface area contributed by atoms with E-state index in [1.807, 2.05) is 71.9 Å². The number of aliphatic hydroxyl groups excluding tert-OH is 2. The highest BCUT2D eigenvalue weighted by Gasteiger charge is 2.44. The molecule has 5 amide bonds. The van der Waals surface area contributed by atoms with Gasteiger partial charge in [0.25, 0.3) is 5.91 Å². The summed E-state index contributed by atoms with van der Waals surface area (Å²) in [6.45, 7) is 16.4. The summed E-state index contributed by atoms with van der Waals surface area (Å²) < 4.78 is 4.77. The predicted molar refractivity (Wildman–Crippen MR) is 202 cm³/mol. The molecule has 0 bridgehead atoms. The second-order valence-electron chi connectivity index (χ2n) is 16.4. The first-order chi connectivity index (χ1) is 24.8. The fourth-order valence-corrected chi connectivity index (χ4v) is 6.34. The fraction of sp³-hybridized carbons (Fsp3) is 0.615. The largest absolute Gasteiger partial charge is 0.453 e. The molecule has 5 N–H and O–H groups in total. The summed E-state index contributed by atoms with van der Waals surface area (Å²) in [5.74, 6) is -0.580. The number of amides is 5. The summed E-state index contributed by atoms with van der Waals surface area (Å²) in [6, 6.07) is 11.9. The number of pyridine rings is 1. The lowest BCUT2D eigenvalue weighted by Gasteiger charge is -2.38. The number of urea groups is 1. The van der Waals surface area contributed by atoms with Crippen LogP contribution in [-0.4, -0.2) is 111 Å². The first-order valence-corrected chi connectivity index (χ1v) is 18.4. The smallest absolute Gasteiger partial charge is 0.407 e. The van der Waals surface area contributed by atoms with Crippen LogP contribution >= 0.6 is 0 Å². The van der Waals surface area contributed by atoms with E-state index in [4.69, 9.17) is 4.74 Å². The van der Waals surface area contributed by atoms with Crippen LogP contribution in [0.25, 0.3) is 0 Å². The van der Waals surface area contributed by atoms with Crippen LogP contribution in [0, 0.1) is 16.7 Å². The molecule has 0 aliphatic carbocycles. The molecule has 1 saturated heterocycles. The number of hydrazine groups is 1.